The molecular formula is C27H36FN3O3. The third kappa shape index (κ3) is 5.65. The minimum atomic E-state index is -1.30. The van der Waals surface area contributed by atoms with E-state index in [1.165, 1.54) is 6.07 Å². The molecule has 0 spiro atoms. The summed E-state index contributed by atoms with van der Waals surface area (Å²) >= 11 is 0. The summed E-state index contributed by atoms with van der Waals surface area (Å²) < 4.78 is 15.3. The Hall–Kier alpha value is -2.77. The molecule has 184 valence electrons. The molecule has 34 heavy (non-hydrogen) atoms. The summed E-state index contributed by atoms with van der Waals surface area (Å²) in [5.41, 5.74) is 6.84. The standard InChI is InChI=1S/C27H36FN3O3/c1-3-13-27(34,21-10-7-14-31(18-21)25(33)17-30-24(32)16-29)22-11-6-12-23(28)26(22)20-9-5-8-19(4-2)15-20/h5-6,8-9,11-12,15,21,34H,3-4,7,10,13-14,16-18,29H2,1-2H3,(H,30,32). The number of likely N-dealkylation sites (tertiary alicyclic amines) is 1. The number of benzene rings is 2. The zero-order valence-corrected chi connectivity index (χ0v) is 20.1. The third-order valence-electron chi connectivity index (χ3n) is 6.81. The van der Waals surface area contributed by atoms with Gasteiger partial charge in [0.25, 0.3) is 0 Å². The molecule has 0 aromatic heterocycles. The Labute approximate surface area is 201 Å². The molecule has 2 unspecified atom stereocenters. The average molecular weight is 470 g/mol. The van der Waals surface area contributed by atoms with Gasteiger partial charge in [-0.1, -0.05) is 56.7 Å². The van der Waals surface area contributed by atoms with E-state index in [0.717, 1.165) is 30.4 Å². The molecule has 2 atom stereocenters. The zero-order chi connectivity index (χ0) is 24.7. The summed E-state index contributed by atoms with van der Waals surface area (Å²) in [6, 6.07) is 12.7. The van der Waals surface area contributed by atoms with Crippen molar-refractivity contribution < 1.29 is 19.1 Å². The van der Waals surface area contributed by atoms with Crippen LogP contribution in [0, 0.1) is 11.7 Å². The van der Waals surface area contributed by atoms with Gasteiger partial charge in [0.15, 0.2) is 0 Å². The van der Waals surface area contributed by atoms with Crippen LogP contribution in [0.4, 0.5) is 4.39 Å². The lowest BCUT2D eigenvalue weighted by molar-refractivity contribution is -0.137. The second-order valence-electron chi connectivity index (χ2n) is 9.05. The van der Waals surface area contributed by atoms with Gasteiger partial charge in [0.05, 0.1) is 18.7 Å². The maximum Gasteiger partial charge on any atom is 0.241 e. The zero-order valence-electron chi connectivity index (χ0n) is 20.1. The molecule has 6 nitrogen and oxygen atoms in total. The number of carbonyl (C=O) groups excluding carboxylic acids is 2. The van der Waals surface area contributed by atoms with Crippen LogP contribution in [0.3, 0.4) is 0 Å². The van der Waals surface area contributed by atoms with Gasteiger partial charge in [0, 0.05) is 24.6 Å². The molecule has 2 aromatic carbocycles. The van der Waals surface area contributed by atoms with Crippen LogP contribution in [-0.2, 0) is 21.6 Å². The van der Waals surface area contributed by atoms with Crippen molar-refractivity contribution in [2.45, 2.75) is 51.6 Å². The van der Waals surface area contributed by atoms with E-state index < -0.39 is 5.60 Å². The van der Waals surface area contributed by atoms with Crippen molar-refractivity contribution in [3.05, 3.63) is 59.4 Å². The van der Waals surface area contributed by atoms with Crippen LogP contribution in [0.15, 0.2) is 42.5 Å². The topological polar surface area (TPSA) is 95.7 Å². The molecule has 2 amide bonds. The van der Waals surface area contributed by atoms with Crippen LogP contribution in [-0.4, -0.2) is 48.0 Å². The largest absolute Gasteiger partial charge is 0.385 e. The minimum absolute atomic E-state index is 0.121. The van der Waals surface area contributed by atoms with Crippen LogP contribution in [0.25, 0.3) is 11.1 Å². The molecule has 1 aliphatic rings. The van der Waals surface area contributed by atoms with E-state index in [2.05, 4.69) is 12.2 Å². The second kappa shape index (κ2) is 11.6. The molecule has 0 bridgehead atoms. The lowest BCUT2D eigenvalue weighted by Crippen LogP contribution is -2.50. The van der Waals surface area contributed by atoms with E-state index in [4.69, 9.17) is 5.73 Å². The molecule has 1 saturated heterocycles. The first-order chi connectivity index (χ1) is 16.3. The van der Waals surface area contributed by atoms with Gasteiger partial charge in [-0.15, -0.1) is 0 Å². The summed E-state index contributed by atoms with van der Waals surface area (Å²) in [4.78, 5) is 25.9. The minimum Gasteiger partial charge on any atom is -0.385 e. The van der Waals surface area contributed by atoms with Gasteiger partial charge >= 0.3 is 0 Å². The summed E-state index contributed by atoms with van der Waals surface area (Å²) in [5.74, 6) is -1.22. The number of hydrogen-bond donors (Lipinski definition) is 3. The highest BCUT2D eigenvalue weighted by molar-refractivity contribution is 5.85. The van der Waals surface area contributed by atoms with Gasteiger partial charge in [-0.2, -0.15) is 0 Å². The van der Waals surface area contributed by atoms with Crippen molar-refractivity contribution in [3.8, 4) is 11.1 Å². The van der Waals surface area contributed by atoms with Crippen molar-refractivity contribution >= 4 is 11.8 Å². The summed E-state index contributed by atoms with van der Waals surface area (Å²) in [7, 11) is 0. The molecule has 3 rings (SSSR count). The van der Waals surface area contributed by atoms with Gasteiger partial charge < -0.3 is 21.1 Å². The number of nitrogens with two attached hydrogens (primary N) is 1. The number of aliphatic hydroxyl groups is 1. The highest BCUT2D eigenvalue weighted by atomic mass is 19.1. The first-order valence-electron chi connectivity index (χ1n) is 12.2. The van der Waals surface area contributed by atoms with Crippen molar-refractivity contribution in [2.24, 2.45) is 11.7 Å². The first kappa shape index (κ1) is 25.8. The van der Waals surface area contributed by atoms with Gasteiger partial charge in [-0.25, -0.2) is 4.39 Å². The Balaban J connectivity index is 1.96. The summed E-state index contributed by atoms with van der Waals surface area (Å²) in [6.07, 6.45) is 3.44. The van der Waals surface area contributed by atoms with Crippen LogP contribution in [0.5, 0.6) is 0 Å². The maximum atomic E-state index is 15.3. The van der Waals surface area contributed by atoms with Gasteiger partial charge in [-0.05, 0) is 48.4 Å². The molecule has 7 heteroatoms. The van der Waals surface area contributed by atoms with Gasteiger partial charge in [0.2, 0.25) is 11.8 Å². The third-order valence-corrected chi connectivity index (χ3v) is 6.81. The number of amides is 2. The molecule has 0 radical (unpaired) electrons. The molecule has 2 aromatic rings. The molecule has 1 aliphatic heterocycles. The quantitative estimate of drug-likeness (QED) is 0.525. The molecule has 1 heterocycles. The average Bonchev–Trinajstić information content (AvgIpc) is 2.87. The van der Waals surface area contributed by atoms with E-state index in [9.17, 15) is 14.7 Å². The molecule has 0 aliphatic carbocycles. The predicted molar refractivity (Wildman–Crippen MR) is 131 cm³/mol. The van der Waals surface area contributed by atoms with Crippen LogP contribution in [0.2, 0.25) is 0 Å². The molecule has 0 saturated carbocycles. The second-order valence-corrected chi connectivity index (χ2v) is 9.05. The summed E-state index contributed by atoms with van der Waals surface area (Å²) in [6.45, 7) is 4.66. The Morgan fingerprint density at radius 3 is 2.71 bits per heavy atom. The number of piperidine rings is 1. The number of carbonyl (C=O) groups is 2. The van der Waals surface area contributed by atoms with E-state index in [-0.39, 0.29) is 36.6 Å². The Kier molecular flexibility index (Phi) is 8.80. The van der Waals surface area contributed by atoms with Crippen LogP contribution >= 0.6 is 0 Å². The lowest BCUT2D eigenvalue weighted by atomic mass is 9.72. The normalized spacial score (nSPS) is 17.8. The SMILES string of the molecule is CCCC(O)(c1cccc(F)c1-c1cccc(CC)c1)C1CCCN(C(=O)CNC(=O)CN)C1. The number of nitrogens with zero attached hydrogens (tertiary/aromatic N) is 1. The Bertz CT molecular complexity index is 1010. The number of halogens is 1. The van der Waals surface area contributed by atoms with Crippen molar-refractivity contribution in [1.29, 1.82) is 0 Å². The van der Waals surface area contributed by atoms with Crippen LogP contribution in [0.1, 0.15) is 50.7 Å². The van der Waals surface area contributed by atoms with E-state index >= 15 is 4.39 Å². The fourth-order valence-corrected chi connectivity index (χ4v) is 5.02. The van der Waals surface area contributed by atoms with E-state index in [1.807, 2.05) is 37.3 Å². The monoisotopic (exact) mass is 469 g/mol. The van der Waals surface area contributed by atoms with Crippen molar-refractivity contribution in [1.82, 2.24) is 10.2 Å². The van der Waals surface area contributed by atoms with Crippen LogP contribution < -0.4 is 11.1 Å². The molecular weight excluding hydrogens is 433 g/mol. The number of rotatable bonds is 9. The lowest BCUT2D eigenvalue weighted by Gasteiger charge is -2.43. The number of hydrogen-bond acceptors (Lipinski definition) is 4. The van der Waals surface area contributed by atoms with E-state index in [1.54, 1.807) is 11.0 Å². The molecule has 4 N–H and O–H groups in total. The Morgan fingerprint density at radius 2 is 2.00 bits per heavy atom. The van der Waals surface area contributed by atoms with Gasteiger partial charge in [-0.3, -0.25) is 9.59 Å². The Morgan fingerprint density at radius 1 is 1.24 bits per heavy atom. The molecule has 1 fully saturated rings. The fraction of sp³-hybridized carbons (Fsp3) is 0.481. The highest BCUT2D eigenvalue weighted by Crippen LogP contribution is 2.44. The number of nitrogens with one attached hydrogen (secondary N) is 1. The highest BCUT2D eigenvalue weighted by Gasteiger charge is 2.42. The maximum absolute atomic E-state index is 15.3. The van der Waals surface area contributed by atoms with Crippen molar-refractivity contribution in [2.75, 3.05) is 26.2 Å². The van der Waals surface area contributed by atoms with Gasteiger partial charge in [0.1, 0.15) is 5.82 Å². The summed E-state index contributed by atoms with van der Waals surface area (Å²) in [5, 5.41) is 14.7. The number of aryl methyl sites for hydroxylation is 1. The van der Waals surface area contributed by atoms with E-state index in [0.29, 0.717) is 37.1 Å². The first-order valence-corrected chi connectivity index (χ1v) is 12.2. The fourth-order valence-electron chi connectivity index (χ4n) is 5.02. The predicted octanol–water partition coefficient (Wildman–Crippen LogP) is 3.36. The smallest absolute Gasteiger partial charge is 0.241 e. The van der Waals surface area contributed by atoms with Crippen molar-refractivity contribution in [3.63, 3.8) is 0 Å².